The van der Waals surface area contributed by atoms with Gasteiger partial charge in [0.25, 0.3) is 0 Å². The third kappa shape index (κ3) is 4.84. The molecule has 1 aliphatic rings. The van der Waals surface area contributed by atoms with Gasteiger partial charge in [0.15, 0.2) is 0 Å². The van der Waals surface area contributed by atoms with Crippen LogP contribution in [0.1, 0.15) is 46.5 Å². The Kier molecular flexibility index (Phi) is 5.26. The van der Waals surface area contributed by atoms with Gasteiger partial charge in [-0.1, -0.05) is 33.6 Å². The molecule has 2 unspecified atom stereocenters. The van der Waals surface area contributed by atoms with Crippen molar-refractivity contribution in [3.8, 4) is 0 Å². The zero-order valence-corrected chi connectivity index (χ0v) is 11.6. The van der Waals surface area contributed by atoms with Gasteiger partial charge in [0.05, 0.1) is 0 Å². The van der Waals surface area contributed by atoms with Crippen molar-refractivity contribution in [2.45, 2.75) is 46.5 Å². The van der Waals surface area contributed by atoms with Gasteiger partial charge >= 0.3 is 0 Å². The summed E-state index contributed by atoms with van der Waals surface area (Å²) >= 11 is 0. The first-order chi connectivity index (χ1) is 7.42. The molecule has 1 saturated carbocycles. The van der Waals surface area contributed by atoms with Gasteiger partial charge in [0.1, 0.15) is 0 Å². The highest BCUT2D eigenvalue weighted by molar-refractivity contribution is 4.79. The smallest absolute Gasteiger partial charge is 0.00271 e. The van der Waals surface area contributed by atoms with Crippen LogP contribution >= 0.6 is 0 Å². The Labute approximate surface area is 102 Å². The first kappa shape index (κ1) is 14.0. The van der Waals surface area contributed by atoms with E-state index in [0.717, 1.165) is 18.4 Å². The second-order valence-electron chi connectivity index (χ2n) is 6.80. The van der Waals surface area contributed by atoms with Gasteiger partial charge in [-0.15, -0.1) is 0 Å². The van der Waals surface area contributed by atoms with E-state index in [4.69, 9.17) is 5.73 Å². The zero-order chi connectivity index (χ0) is 12.2. The molecular weight excluding hydrogens is 196 g/mol. The fourth-order valence-corrected chi connectivity index (χ4v) is 3.11. The lowest BCUT2D eigenvalue weighted by Gasteiger charge is -2.35. The molecule has 0 heterocycles. The Hall–Kier alpha value is -0.0800. The minimum Gasteiger partial charge on any atom is -0.330 e. The van der Waals surface area contributed by atoms with Crippen LogP contribution < -0.4 is 5.73 Å². The summed E-state index contributed by atoms with van der Waals surface area (Å²) < 4.78 is 0. The summed E-state index contributed by atoms with van der Waals surface area (Å²) in [4.78, 5) is 2.50. The predicted octanol–water partition coefficient (Wildman–Crippen LogP) is 2.73. The molecule has 1 fully saturated rings. The zero-order valence-electron chi connectivity index (χ0n) is 11.6. The first-order valence-electron chi connectivity index (χ1n) is 6.81. The summed E-state index contributed by atoms with van der Waals surface area (Å²) in [7, 11) is 2.26. The van der Waals surface area contributed by atoms with E-state index in [9.17, 15) is 0 Å². The van der Waals surface area contributed by atoms with E-state index in [1.807, 2.05) is 0 Å². The van der Waals surface area contributed by atoms with Crippen molar-refractivity contribution >= 4 is 0 Å². The van der Waals surface area contributed by atoms with Crippen molar-refractivity contribution in [3.63, 3.8) is 0 Å². The lowest BCUT2D eigenvalue weighted by Crippen LogP contribution is -2.38. The Morgan fingerprint density at radius 3 is 2.19 bits per heavy atom. The molecule has 0 spiro atoms. The summed E-state index contributed by atoms with van der Waals surface area (Å²) in [6.45, 7) is 10.2. The van der Waals surface area contributed by atoms with Crippen LogP contribution in [0.4, 0.5) is 0 Å². The van der Waals surface area contributed by atoms with Gasteiger partial charge < -0.3 is 10.6 Å². The van der Waals surface area contributed by atoms with Crippen molar-refractivity contribution in [2.75, 3.05) is 26.7 Å². The minimum atomic E-state index is 0.404. The maximum absolute atomic E-state index is 5.88. The standard InChI is InChI=1S/C14H30N2/c1-14(2,3)11-16(4)10-13-8-6-5-7-12(13)9-15/h12-13H,5-11,15H2,1-4H3. The summed E-state index contributed by atoms with van der Waals surface area (Å²) in [6.07, 6.45) is 5.53. The van der Waals surface area contributed by atoms with Crippen LogP contribution in [0, 0.1) is 17.3 Å². The molecule has 0 saturated heterocycles. The molecule has 0 aliphatic heterocycles. The van der Waals surface area contributed by atoms with Crippen LogP contribution in [0.15, 0.2) is 0 Å². The number of hydrogen-bond acceptors (Lipinski definition) is 2. The number of hydrogen-bond donors (Lipinski definition) is 1. The van der Waals surface area contributed by atoms with E-state index in [-0.39, 0.29) is 0 Å². The Bertz CT molecular complexity index is 195. The van der Waals surface area contributed by atoms with Crippen molar-refractivity contribution in [1.29, 1.82) is 0 Å². The molecule has 2 nitrogen and oxygen atoms in total. The van der Waals surface area contributed by atoms with Crippen molar-refractivity contribution in [2.24, 2.45) is 23.0 Å². The average Bonchev–Trinajstić information content (AvgIpc) is 2.15. The lowest BCUT2D eigenvalue weighted by atomic mass is 9.79. The molecule has 2 atom stereocenters. The van der Waals surface area contributed by atoms with E-state index < -0.39 is 0 Å². The highest BCUT2D eigenvalue weighted by Crippen LogP contribution is 2.30. The summed E-state index contributed by atoms with van der Waals surface area (Å²) in [5.74, 6) is 1.61. The molecular formula is C14H30N2. The van der Waals surface area contributed by atoms with Crippen molar-refractivity contribution < 1.29 is 0 Å². The van der Waals surface area contributed by atoms with Gasteiger partial charge in [-0.05, 0) is 43.7 Å². The average molecular weight is 226 g/mol. The molecule has 1 rings (SSSR count). The van der Waals surface area contributed by atoms with Crippen molar-refractivity contribution in [3.05, 3.63) is 0 Å². The molecule has 0 amide bonds. The lowest BCUT2D eigenvalue weighted by molar-refractivity contribution is 0.144. The predicted molar refractivity (Wildman–Crippen MR) is 71.5 cm³/mol. The second-order valence-corrected chi connectivity index (χ2v) is 6.80. The molecule has 0 radical (unpaired) electrons. The fraction of sp³-hybridized carbons (Fsp3) is 1.00. The largest absolute Gasteiger partial charge is 0.330 e. The van der Waals surface area contributed by atoms with Crippen LogP contribution in [0.25, 0.3) is 0 Å². The highest BCUT2D eigenvalue weighted by Gasteiger charge is 2.25. The molecule has 0 aromatic rings. The van der Waals surface area contributed by atoms with Gasteiger partial charge in [-0.25, -0.2) is 0 Å². The molecule has 2 N–H and O–H groups in total. The van der Waals surface area contributed by atoms with E-state index in [1.165, 1.54) is 38.8 Å². The Morgan fingerprint density at radius 2 is 1.69 bits per heavy atom. The maximum atomic E-state index is 5.88. The molecule has 0 bridgehead atoms. The molecule has 96 valence electrons. The normalized spacial score (nSPS) is 27.4. The third-order valence-electron chi connectivity index (χ3n) is 3.66. The van der Waals surface area contributed by atoms with Crippen LogP contribution in [-0.4, -0.2) is 31.6 Å². The van der Waals surface area contributed by atoms with Gasteiger partial charge in [-0.3, -0.25) is 0 Å². The molecule has 16 heavy (non-hydrogen) atoms. The van der Waals surface area contributed by atoms with Crippen molar-refractivity contribution in [1.82, 2.24) is 4.90 Å². The molecule has 0 aromatic heterocycles. The fourth-order valence-electron chi connectivity index (χ4n) is 3.11. The van der Waals surface area contributed by atoms with Crippen LogP contribution in [-0.2, 0) is 0 Å². The molecule has 2 heteroatoms. The summed E-state index contributed by atoms with van der Waals surface area (Å²) in [5.41, 5.74) is 6.28. The molecule has 1 aliphatic carbocycles. The van der Waals surface area contributed by atoms with E-state index in [1.54, 1.807) is 0 Å². The number of nitrogens with two attached hydrogens (primary N) is 1. The Balaban J connectivity index is 2.39. The van der Waals surface area contributed by atoms with Gasteiger partial charge in [0.2, 0.25) is 0 Å². The Morgan fingerprint density at radius 1 is 1.12 bits per heavy atom. The van der Waals surface area contributed by atoms with Crippen LogP contribution in [0.5, 0.6) is 0 Å². The highest BCUT2D eigenvalue weighted by atomic mass is 15.1. The van der Waals surface area contributed by atoms with E-state index in [2.05, 4.69) is 32.7 Å². The quantitative estimate of drug-likeness (QED) is 0.798. The van der Waals surface area contributed by atoms with E-state index >= 15 is 0 Å². The number of rotatable bonds is 4. The van der Waals surface area contributed by atoms with E-state index in [0.29, 0.717) is 5.41 Å². The van der Waals surface area contributed by atoms with Gasteiger partial charge in [-0.2, -0.15) is 0 Å². The monoisotopic (exact) mass is 226 g/mol. The summed E-state index contributed by atoms with van der Waals surface area (Å²) in [5, 5.41) is 0. The van der Waals surface area contributed by atoms with Crippen LogP contribution in [0.3, 0.4) is 0 Å². The third-order valence-corrected chi connectivity index (χ3v) is 3.66. The van der Waals surface area contributed by atoms with Gasteiger partial charge in [0, 0.05) is 13.1 Å². The van der Waals surface area contributed by atoms with Crippen LogP contribution in [0.2, 0.25) is 0 Å². The summed E-state index contributed by atoms with van der Waals surface area (Å²) in [6, 6.07) is 0. The maximum Gasteiger partial charge on any atom is 0.00271 e. The minimum absolute atomic E-state index is 0.404. The topological polar surface area (TPSA) is 29.3 Å². The SMILES string of the molecule is CN(CC1CCCCC1CN)CC(C)(C)C. The first-order valence-corrected chi connectivity index (χ1v) is 6.81. The number of nitrogens with zero attached hydrogens (tertiary/aromatic N) is 1. The molecule has 0 aromatic carbocycles. The second kappa shape index (κ2) is 6.02.